The van der Waals surface area contributed by atoms with E-state index in [1.807, 2.05) is 27.7 Å². The third-order valence-corrected chi connectivity index (χ3v) is 3.11. The van der Waals surface area contributed by atoms with Crippen molar-refractivity contribution < 1.29 is 5.11 Å². The Bertz CT molecular complexity index is 424. The van der Waals surface area contributed by atoms with E-state index in [-0.39, 0.29) is 18.0 Å². The first-order valence-corrected chi connectivity index (χ1v) is 6.49. The van der Waals surface area contributed by atoms with E-state index in [0.717, 1.165) is 18.8 Å². The topological polar surface area (TPSA) is 58.4 Å². The molecule has 0 fully saturated rings. The zero-order valence-electron chi connectivity index (χ0n) is 11.6. The number of aromatic nitrogens is 2. The minimum atomic E-state index is -0.547. The fraction of sp³-hybridized carbons (Fsp3) is 0.692. The first-order valence-electron chi connectivity index (χ1n) is 6.49. The lowest BCUT2D eigenvalue weighted by Gasteiger charge is -2.21. The molecular weight excluding hydrogens is 230 g/mol. The average molecular weight is 253 g/mol. The van der Waals surface area contributed by atoms with Crippen LogP contribution in [0, 0.1) is 5.92 Å². The Labute approximate surface area is 108 Å². The van der Waals surface area contributed by atoms with E-state index in [9.17, 15) is 9.90 Å². The van der Waals surface area contributed by atoms with Gasteiger partial charge in [0.1, 0.15) is 0 Å². The molecule has 1 aromatic rings. The largest absolute Gasteiger partial charge is 0.391 e. The molecule has 0 bridgehead atoms. The van der Waals surface area contributed by atoms with Crippen molar-refractivity contribution >= 4 is 5.69 Å². The summed E-state index contributed by atoms with van der Waals surface area (Å²) in [6.45, 7) is 9.84. The van der Waals surface area contributed by atoms with Gasteiger partial charge in [-0.25, -0.2) is 4.68 Å². The van der Waals surface area contributed by atoms with Crippen molar-refractivity contribution in [2.24, 2.45) is 5.92 Å². The molecule has 1 unspecified atom stereocenters. The Hall–Kier alpha value is -1.36. The van der Waals surface area contributed by atoms with E-state index in [1.165, 1.54) is 4.68 Å². The monoisotopic (exact) mass is 253 g/mol. The Morgan fingerprint density at radius 3 is 2.44 bits per heavy atom. The van der Waals surface area contributed by atoms with Crippen LogP contribution in [0.2, 0.25) is 0 Å². The van der Waals surface area contributed by atoms with Gasteiger partial charge in [-0.2, -0.15) is 5.10 Å². The van der Waals surface area contributed by atoms with Gasteiger partial charge in [-0.3, -0.25) is 4.79 Å². The maximum atomic E-state index is 11.9. The third-order valence-electron chi connectivity index (χ3n) is 3.11. The van der Waals surface area contributed by atoms with Crippen molar-refractivity contribution in [3.8, 4) is 0 Å². The van der Waals surface area contributed by atoms with Gasteiger partial charge in [-0.1, -0.05) is 13.8 Å². The summed E-state index contributed by atoms with van der Waals surface area (Å²) in [5.74, 6) is 0.112. The van der Waals surface area contributed by atoms with Gasteiger partial charge in [-0.05, 0) is 19.8 Å². The summed E-state index contributed by atoms with van der Waals surface area (Å²) in [4.78, 5) is 14.0. The highest BCUT2D eigenvalue weighted by molar-refractivity contribution is 5.42. The predicted octanol–water partition coefficient (Wildman–Crippen LogP) is 1.11. The fourth-order valence-electron chi connectivity index (χ4n) is 1.71. The molecule has 0 amide bonds. The highest BCUT2D eigenvalue weighted by atomic mass is 16.3. The van der Waals surface area contributed by atoms with Crippen LogP contribution in [0.5, 0.6) is 0 Å². The number of anilines is 1. The highest BCUT2D eigenvalue weighted by Crippen LogP contribution is 2.09. The molecule has 1 aromatic heterocycles. The van der Waals surface area contributed by atoms with Crippen LogP contribution in [0.15, 0.2) is 17.1 Å². The summed E-state index contributed by atoms with van der Waals surface area (Å²) in [5.41, 5.74) is 0.666. The molecule has 0 saturated carbocycles. The quantitative estimate of drug-likeness (QED) is 0.825. The second-order valence-electron chi connectivity index (χ2n) is 4.72. The van der Waals surface area contributed by atoms with Crippen LogP contribution in [0.3, 0.4) is 0 Å². The fourth-order valence-corrected chi connectivity index (χ4v) is 1.71. The second-order valence-corrected chi connectivity index (χ2v) is 4.72. The van der Waals surface area contributed by atoms with Crippen molar-refractivity contribution in [3.63, 3.8) is 0 Å². The normalized spacial score (nSPS) is 12.8. The molecule has 0 aromatic carbocycles. The number of hydrogen-bond donors (Lipinski definition) is 1. The van der Waals surface area contributed by atoms with E-state index in [2.05, 4.69) is 10.00 Å². The number of rotatable bonds is 6. The Morgan fingerprint density at radius 1 is 1.39 bits per heavy atom. The lowest BCUT2D eigenvalue weighted by molar-refractivity contribution is 0.101. The van der Waals surface area contributed by atoms with E-state index >= 15 is 0 Å². The Balaban J connectivity index is 2.89. The van der Waals surface area contributed by atoms with Crippen molar-refractivity contribution in [2.45, 2.75) is 40.3 Å². The Kier molecular flexibility index (Phi) is 5.34. The van der Waals surface area contributed by atoms with Gasteiger partial charge in [0.05, 0.1) is 24.5 Å². The molecule has 1 N–H and O–H groups in total. The molecule has 0 spiro atoms. The maximum absolute atomic E-state index is 11.9. The zero-order chi connectivity index (χ0) is 13.7. The van der Waals surface area contributed by atoms with Gasteiger partial charge in [-0.15, -0.1) is 0 Å². The minimum Gasteiger partial charge on any atom is -0.391 e. The van der Waals surface area contributed by atoms with Crippen LogP contribution < -0.4 is 10.5 Å². The summed E-state index contributed by atoms with van der Waals surface area (Å²) in [6, 6.07) is 1.58. The van der Waals surface area contributed by atoms with E-state index in [4.69, 9.17) is 0 Å². The molecule has 1 rings (SSSR count). The summed E-state index contributed by atoms with van der Waals surface area (Å²) < 4.78 is 1.32. The number of aliphatic hydroxyl groups excluding tert-OH is 1. The molecule has 5 heteroatoms. The van der Waals surface area contributed by atoms with E-state index in [0.29, 0.717) is 0 Å². The van der Waals surface area contributed by atoms with E-state index in [1.54, 1.807) is 12.3 Å². The Morgan fingerprint density at radius 2 is 2.00 bits per heavy atom. The molecule has 0 aliphatic heterocycles. The first-order chi connectivity index (χ1) is 8.49. The minimum absolute atomic E-state index is 0.112. The standard InChI is InChI=1S/C13H23N3O2/c1-5-15(6-2)11-7-13(18)16(14-8-11)9-12(17)10(3)4/h7-8,10,12,17H,5-6,9H2,1-4H3. The predicted molar refractivity (Wildman–Crippen MR) is 72.9 cm³/mol. The van der Waals surface area contributed by atoms with Crippen molar-refractivity contribution in [2.75, 3.05) is 18.0 Å². The van der Waals surface area contributed by atoms with Crippen molar-refractivity contribution in [1.29, 1.82) is 0 Å². The average Bonchev–Trinajstić information content (AvgIpc) is 2.33. The van der Waals surface area contributed by atoms with Crippen LogP contribution in [-0.4, -0.2) is 34.1 Å². The molecule has 18 heavy (non-hydrogen) atoms. The molecule has 5 nitrogen and oxygen atoms in total. The second kappa shape index (κ2) is 6.54. The van der Waals surface area contributed by atoms with Gasteiger partial charge in [0.2, 0.25) is 0 Å². The zero-order valence-corrected chi connectivity index (χ0v) is 11.6. The SMILES string of the molecule is CCN(CC)c1cnn(CC(O)C(C)C)c(=O)c1. The van der Waals surface area contributed by atoms with Crippen LogP contribution in [-0.2, 0) is 6.54 Å². The third kappa shape index (κ3) is 3.57. The maximum Gasteiger partial charge on any atom is 0.268 e. The highest BCUT2D eigenvalue weighted by Gasteiger charge is 2.12. The molecule has 1 heterocycles. The number of nitrogens with zero attached hydrogens (tertiary/aromatic N) is 3. The number of aliphatic hydroxyl groups is 1. The molecule has 0 saturated heterocycles. The van der Waals surface area contributed by atoms with Crippen molar-refractivity contribution in [3.05, 3.63) is 22.6 Å². The van der Waals surface area contributed by atoms with Gasteiger partial charge in [0.15, 0.2) is 0 Å². The molecule has 0 radical (unpaired) electrons. The molecule has 102 valence electrons. The summed E-state index contributed by atoms with van der Waals surface area (Å²) in [7, 11) is 0. The molecule has 1 atom stereocenters. The van der Waals surface area contributed by atoms with Crippen LogP contribution in [0.1, 0.15) is 27.7 Å². The van der Waals surface area contributed by atoms with Crippen LogP contribution in [0.25, 0.3) is 0 Å². The number of hydrogen-bond acceptors (Lipinski definition) is 4. The van der Waals surface area contributed by atoms with Gasteiger partial charge < -0.3 is 10.0 Å². The summed E-state index contributed by atoms with van der Waals surface area (Å²) in [6.07, 6.45) is 1.14. The first kappa shape index (κ1) is 14.7. The van der Waals surface area contributed by atoms with Crippen molar-refractivity contribution in [1.82, 2.24) is 9.78 Å². The van der Waals surface area contributed by atoms with Gasteiger partial charge in [0.25, 0.3) is 5.56 Å². The lowest BCUT2D eigenvalue weighted by Crippen LogP contribution is -2.32. The molecule has 0 aliphatic rings. The molecular formula is C13H23N3O2. The van der Waals surface area contributed by atoms with Gasteiger partial charge >= 0.3 is 0 Å². The smallest absolute Gasteiger partial charge is 0.268 e. The van der Waals surface area contributed by atoms with E-state index < -0.39 is 6.10 Å². The van der Waals surface area contributed by atoms with Gasteiger partial charge in [0, 0.05) is 19.2 Å². The van der Waals surface area contributed by atoms with Crippen LogP contribution >= 0.6 is 0 Å². The summed E-state index contributed by atoms with van der Waals surface area (Å²) >= 11 is 0. The lowest BCUT2D eigenvalue weighted by atomic mass is 10.1. The van der Waals surface area contributed by atoms with Crippen LogP contribution in [0.4, 0.5) is 5.69 Å². The summed E-state index contributed by atoms with van der Waals surface area (Å²) in [5, 5.41) is 13.9. The molecule has 0 aliphatic carbocycles.